The van der Waals surface area contributed by atoms with Crippen molar-refractivity contribution in [3.63, 3.8) is 0 Å². The third-order valence-corrected chi connectivity index (χ3v) is 7.18. The van der Waals surface area contributed by atoms with Gasteiger partial charge in [-0.15, -0.1) is 0 Å². The summed E-state index contributed by atoms with van der Waals surface area (Å²) in [5.41, 5.74) is 1.89. The van der Waals surface area contributed by atoms with Gasteiger partial charge >= 0.3 is 6.09 Å². The van der Waals surface area contributed by atoms with E-state index in [-0.39, 0.29) is 43.1 Å². The number of rotatable bonds is 12. The van der Waals surface area contributed by atoms with Gasteiger partial charge in [-0.05, 0) is 35.8 Å². The van der Waals surface area contributed by atoms with Gasteiger partial charge in [-0.25, -0.2) is 4.79 Å². The van der Waals surface area contributed by atoms with E-state index in [1.807, 2.05) is 74.5 Å². The second kappa shape index (κ2) is 13.7. The number of hydrogen-bond acceptors (Lipinski definition) is 6. The maximum absolute atomic E-state index is 13.1. The monoisotopic (exact) mass is 524 g/mol. The lowest BCUT2D eigenvalue weighted by Crippen LogP contribution is -2.51. The lowest BCUT2D eigenvalue weighted by Gasteiger charge is -2.31. The molecule has 2 unspecified atom stereocenters. The van der Waals surface area contributed by atoms with E-state index in [9.17, 15) is 14.7 Å². The molecule has 0 spiro atoms. The number of carbonyl (C=O) groups is 2. The molecule has 2 aromatic carbocycles. The molecule has 2 aliphatic rings. The quantitative estimate of drug-likeness (QED) is 0.439. The van der Waals surface area contributed by atoms with Crippen LogP contribution < -0.4 is 5.32 Å². The Morgan fingerprint density at radius 3 is 2.39 bits per heavy atom. The van der Waals surface area contributed by atoms with Gasteiger partial charge in [0, 0.05) is 18.9 Å². The number of ether oxygens (including phenoxy) is 3. The van der Waals surface area contributed by atoms with Crippen LogP contribution in [-0.4, -0.2) is 66.7 Å². The average Bonchev–Trinajstić information content (AvgIpc) is 3.52. The van der Waals surface area contributed by atoms with Crippen LogP contribution in [0.5, 0.6) is 0 Å². The van der Waals surface area contributed by atoms with Gasteiger partial charge in [0.05, 0.1) is 31.9 Å². The molecule has 8 nitrogen and oxygen atoms in total. The first-order valence-corrected chi connectivity index (χ1v) is 13.6. The van der Waals surface area contributed by atoms with Gasteiger partial charge in [0.2, 0.25) is 5.91 Å². The van der Waals surface area contributed by atoms with Crippen LogP contribution in [0.25, 0.3) is 0 Å². The van der Waals surface area contributed by atoms with E-state index in [1.165, 1.54) is 4.90 Å². The van der Waals surface area contributed by atoms with E-state index < -0.39 is 18.2 Å². The molecule has 2 heterocycles. The molecule has 0 bridgehead atoms. The Morgan fingerprint density at radius 1 is 1.03 bits per heavy atom. The summed E-state index contributed by atoms with van der Waals surface area (Å²) in [6.45, 7) is 5.82. The van der Waals surface area contributed by atoms with E-state index in [0.29, 0.717) is 32.6 Å². The molecule has 2 aliphatic heterocycles. The Balaban J connectivity index is 1.40. The summed E-state index contributed by atoms with van der Waals surface area (Å²) in [5.74, 6) is 0.382. The number of aliphatic hydroxyl groups excluding tert-OH is 1. The van der Waals surface area contributed by atoms with E-state index in [4.69, 9.17) is 14.2 Å². The van der Waals surface area contributed by atoms with Crippen LogP contribution in [0.2, 0.25) is 0 Å². The standard InChI is InChI=1S/C30H40N2O6/c1-21(2)17-32(30(35)38-19-23-11-7-4-8-12-23)18-27(33)26(15-22-9-5-3-6-10-22)31-28(34)16-24-20-37-29-25(24)13-14-36-29/h3-12,21,24-27,29,33H,13-20H2,1-2H3,(H,31,34)/t24-,25?,26-,27+,29?/m0/s1. The summed E-state index contributed by atoms with van der Waals surface area (Å²) in [4.78, 5) is 27.7. The lowest BCUT2D eigenvalue weighted by atomic mass is 9.90. The third kappa shape index (κ3) is 8.03. The molecule has 2 amide bonds. The average molecular weight is 525 g/mol. The van der Waals surface area contributed by atoms with Crippen LogP contribution in [0.15, 0.2) is 60.7 Å². The van der Waals surface area contributed by atoms with Crippen LogP contribution in [0, 0.1) is 17.8 Å². The van der Waals surface area contributed by atoms with Crippen molar-refractivity contribution in [2.24, 2.45) is 17.8 Å². The second-order valence-electron chi connectivity index (χ2n) is 10.8. The molecule has 0 aromatic heterocycles. The molecule has 2 aromatic rings. The fraction of sp³-hybridized carbons (Fsp3) is 0.533. The van der Waals surface area contributed by atoms with Crippen molar-refractivity contribution < 1.29 is 28.9 Å². The van der Waals surface area contributed by atoms with Crippen LogP contribution >= 0.6 is 0 Å². The van der Waals surface area contributed by atoms with Gasteiger partial charge in [0.1, 0.15) is 6.61 Å². The summed E-state index contributed by atoms with van der Waals surface area (Å²) >= 11 is 0. The van der Waals surface area contributed by atoms with Gasteiger partial charge in [0.15, 0.2) is 6.29 Å². The molecule has 2 N–H and O–H groups in total. The second-order valence-corrected chi connectivity index (χ2v) is 10.8. The molecule has 2 saturated heterocycles. The zero-order valence-electron chi connectivity index (χ0n) is 22.3. The number of hydrogen-bond donors (Lipinski definition) is 2. The summed E-state index contributed by atoms with van der Waals surface area (Å²) < 4.78 is 16.9. The van der Waals surface area contributed by atoms with Crippen molar-refractivity contribution in [3.05, 3.63) is 71.8 Å². The highest BCUT2D eigenvalue weighted by atomic mass is 16.7. The Hall–Kier alpha value is -2.94. The molecule has 0 radical (unpaired) electrons. The highest BCUT2D eigenvalue weighted by Gasteiger charge is 2.42. The molecular weight excluding hydrogens is 484 g/mol. The molecule has 8 heteroatoms. The van der Waals surface area contributed by atoms with Crippen LogP contribution in [0.1, 0.15) is 37.8 Å². The molecule has 5 atom stereocenters. The van der Waals surface area contributed by atoms with Crippen molar-refractivity contribution in [2.75, 3.05) is 26.3 Å². The SMILES string of the molecule is CC(C)CN(C[C@@H](O)[C@H](Cc1ccccc1)NC(=O)C[C@H]1COC2OCCC21)C(=O)OCc1ccccc1. The Labute approximate surface area is 225 Å². The zero-order chi connectivity index (χ0) is 26.9. The normalized spacial score (nSPS) is 22.1. The first-order chi connectivity index (χ1) is 18.4. The first-order valence-electron chi connectivity index (χ1n) is 13.6. The smallest absolute Gasteiger partial charge is 0.410 e. The zero-order valence-corrected chi connectivity index (χ0v) is 22.3. The number of carbonyl (C=O) groups excluding carboxylic acids is 2. The summed E-state index contributed by atoms with van der Waals surface area (Å²) in [5, 5.41) is 14.4. The number of aliphatic hydroxyl groups is 1. The predicted octanol–water partition coefficient (Wildman–Crippen LogP) is 3.77. The number of nitrogens with one attached hydrogen (secondary N) is 1. The summed E-state index contributed by atoms with van der Waals surface area (Å²) in [6, 6.07) is 18.7. The van der Waals surface area contributed by atoms with Gasteiger partial charge in [-0.2, -0.15) is 0 Å². The molecule has 0 saturated carbocycles. The highest BCUT2D eigenvalue weighted by Crippen LogP contribution is 2.37. The molecule has 206 valence electrons. The molecular formula is C30H40N2O6. The minimum absolute atomic E-state index is 0.0503. The van der Waals surface area contributed by atoms with Crippen LogP contribution in [0.3, 0.4) is 0 Å². The lowest BCUT2D eigenvalue weighted by molar-refractivity contribution is -0.124. The Kier molecular flexibility index (Phi) is 10.1. The number of nitrogens with zero attached hydrogens (tertiary/aromatic N) is 1. The largest absolute Gasteiger partial charge is 0.445 e. The molecule has 38 heavy (non-hydrogen) atoms. The molecule has 2 fully saturated rings. The molecule has 4 rings (SSSR count). The van der Waals surface area contributed by atoms with E-state index in [1.54, 1.807) is 0 Å². The fourth-order valence-corrected chi connectivity index (χ4v) is 5.25. The highest BCUT2D eigenvalue weighted by molar-refractivity contribution is 5.76. The molecule has 0 aliphatic carbocycles. The van der Waals surface area contributed by atoms with Crippen LogP contribution in [0.4, 0.5) is 4.79 Å². The van der Waals surface area contributed by atoms with Gasteiger partial charge in [-0.1, -0.05) is 74.5 Å². The van der Waals surface area contributed by atoms with Gasteiger partial charge in [-0.3, -0.25) is 4.79 Å². The number of fused-ring (bicyclic) bond motifs is 1. The number of amides is 2. The van der Waals surface area contributed by atoms with Gasteiger partial charge < -0.3 is 29.5 Å². The Bertz CT molecular complexity index is 1020. The van der Waals surface area contributed by atoms with Crippen molar-refractivity contribution in [1.82, 2.24) is 10.2 Å². The van der Waals surface area contributed by atoms with E-state index >= 15 is 0 Å². The topological polar surface area (TPSA) is 97.3 Å². The first kappa shape index (κ1) is 28.1. The van der Waals surface area contributed by atoms with E-state index in [2.05, 4.69) is 5.32 Å². The van der Waals surface area contributed by atoms with E-state index in [0.717, 1.165) is 17.5 Å². The summed E-state index contributed by atoms with van der Waals surface area (Å²) in [6.07, 6.45) is -0.0134. The third-order valence-electron chi connectivity index (χ3n) is 7.18. The van der Waals surface area contributed by atoms with Gasteiger partial charge in [0.25, 0.3) is 0 Å². The van der Waals surface area contributed by atoms with Crippen molar-refractivity contribution >= 4 is 12.0 Å². The van der Waals surface area contributed by atoms with Crippen molar-refractivity contribution in [1.29, 1.82) is 0 Å². The predicted molar refractivity (Wildman–Crippen MR) is 143 cm³/mol. The summed E-state index contributed by atoms with van der Waals surface area (Å²) in [7, 11) is 0. The fourth-order valence-electron chi connectivity index (χ4n) is 5.25. The number of benzene rings is 2. The minimum atomic E-state index is -0.982. The van der Waals surface area contributed by atoms with Crippen molar-refractivity contribution in [3.8, 4) is 0 Å². The maximum Gasteiger partial charge on any atom is 0.410 e. The maximum atomic E-state index is 13.1. The minimum Gasteiger partial charge on any atom is -0.445 e. The van der Waals surface area contributed by atoms with Crippen molar-refractivity contribution in [2.45, 2.75) is 58.2 Å². The van der Waals surface area contributed by atoms with Crippen LogP contribution in [-0.2, 0) is 32.0 Å². The Morgan fingerprint density at radius 2 is 1.71 bits per heavy atom.